The highest BCUT2D eigenvalue weighted by Gasteiger charge is 2.60. The maximum atomic E-state index is 13.3. The molecule has 2 heterocycles. The number of ether oxygens (including phenoxy) is 1. The molecule has 1 saturated carbocycles. The number of hydrogen-bond acceptors (Lipinski definition) is 4. The molecule has 0 aromatic heterocycles. The van der Waals surface area contributed by atoms with Gasteiger partial charge < -0.3 is 14.9 Å². The van der Waals surface area contributed by atoms with Crippen LogP contribution in [0, 0.1) is 17.2 Å². The van der Waals surface area contributed by atoms with Crippen LogP contribution in [-0.2, 0) is 14.4 Å². The molecule has 1 amide bonds. The van der Waals surface area contributed by atoms with Crippen molar-refractivity contribution >= 4 is 11.6 Å². The first-order chi connectivity index (χ1) is 11.5. The molecule has 0 radical (unpaired) electrons. The fraction of sp³-hybridized carbons (Fsp3) is 0.556. The number of benzene rings is 1. The van der Waals surface area contributed by atoms with Gasteiger partial charge in [0.2, 0.25) is 6.10 Å². The molecular weight excluding hydrogens is 311 g/mol. The van der Waals surface area contributed by atoms with Crippen LogP contribution in [0.15, 0.2) is 29.4 Å². The third kappa shape index (κ3) is 2.40. The summed E-state index contributed by atoms with van der Waals surface area (Å²) in [5.74, 6) is -0.103. The highest BCUT2D eigenvalue weighted by molar-refractivity contribution is 6.04. The topological polar surface area (TPSA) is 59.9 Å². The summed E-state index contributed by atoms with van der Waals surface area (Å²) in [6, 6.07) is 6.26. The molecule has 1 aliphatic carbocycles. The molecule has 2 aliphatic heterocycles. The van der Waals surface area contributed by atoms with Crippen molar-refractivity contribution in [3.05, 3.63) is 35.6 Å². The van der Waals surface area contributed by atoms with E-state index in [9.17, 15) is 9.18 Å². The molecule has 1 saturated heterocycles. The molecule has 24 heavy (non-hydrogen) atoms. The molecule has 1 aromatic carbocycles. The summed E-state index contributed by atoms with van der Waals surface area (Å²) < 4.78 is 19.1. The minimum absolute atomic E-state index is 0.0678. The number of fused-ring (bicyclic) bond motifs is 1. The van der Waals surface area contributed by atoms with Gasteiger partial charge in [0, 0.05) is 36.0 Å². The van der Waals surface area contributed by atoms with Crippen LogP contribution in [0.25, 0.3) is 0 Å². The third-order valence-electron chi connectivity index (χ3n) is 5.52. The van der Waals surface area contributed by atoms with Gasteiger partial charge in [0.1, 0.15) is 5.82 Å². The van der Waals surface area contributed by atoms with Crippen molar-refractivity contribution in [1.82, 2.24) is 5.32 Å². The van der Waals surface area contributed by atoms with Crippen molar-refractivity contribution in [3.63, 3.8) is 0 Å². The Labute approximate surface area is 140 Å². The molecule has 0 bridgehead atoms. The van der Waals surface area contributed by atoms with Gasteiger partial charge in [0.05, 0.1) is 11.8 Å². The van der Waals surface area contributed by atoms with Crippen LogP contribution < -0.4 is 5.32 Å². The van der Waals surface area contributed by atoms with E-state index >= 15 is 0 Å². The molecule has 4 rings (SSSR count). The Kier molecular flexibility index (Phi) is 3.60. The molecule has 0 spiro atoms. The van der Waals surface area contributed by atoms with Crippen molar-refractivity contribution in [3.8, 4) is 0 Å². The summed E-state index contributed by atoms with van der Waals surface area (Å²) in [7, 11) is 0. The van der Waals surface area contributed by atoms with Crippen molar-refractivity contribution in [2.45, 2.75) is 44.9 Å². The van der Waals surface area contributed by atoms with Crippen LogP contribution in [0.1, 0.15) is 32.3 Å². The lowest BCUT2D eigenvalue weighted by Crippen LogP contribution is -2.67. The van der Waals surface area contributed by atoms with Crippen LogP contribution >= 0.6 is 0 Å². The Balaban J connectivity index is 1.39. The Bertz CT molecular complexity index is 703. The Hall–Kier alpha value is -1.95. The molecular formula is C18H21FN2O3. The number of halogens is 1. The highest BCUT2D eigenvalue weighted by Crippen LogP contribution is 2.52. The second-order valence-corrected chi connectivity index (χ2v) is 7.40. The highest BCUT2D eigenvalue weighted by atomic mass is 19.1. The summed E-state index contributed by atoms with van der Waals surface area (Å²) in [5.41, 5.74) is 1.19. The Morgan fingerprint density at radius 1 is 1.42 bits per heavy atom. The number of carbonyl (C=O) groups excluding carboxylic acids is 1. The molecule has 6 heteroatoms. The van der Waals surface area contributed by atoms with Crippen LogP contribution in [0.2, 0.25) is 0 Å². The fourth-order valence-electron chi connectivity index (χ4n) is 4.22. The van der Waals surface area contributed by atoms with Gasteiger partial charge in [-0.15, -0.1) is 0 Å². The van der Waals surface area contributed by atoms with Gasteiger partial charge in [0.15, 0.2) is 0 Å². The summed E-state index contributed by atoms with van der Waals surface area (Å²) in [4.78, 5) is 17.8. The predicted octanol–water partition coefficient (Wildman–Crippen LogP) is 2.25. The smallest absolute Gasteiger partial charge is 0.264 e. The largest absolute Gasteiger partial charge is 0.382 e. The van der Waals surface area contributed by atoms with E-state index in [2.05, 4.69) is 24.3 Å². The normalized spacial score (nSPS) is 33.2. The van der Waals surface area contributed by atoms with Crippen LogP contribution in [0.5, 0.6) is 0 Å². The monoisotopic (exact) mass is 332 g/mol. The number of carbonyl (C=O) groups is 1. The zero-order valence-corrected chi connectivity index (χ0v) is 13.8. The van der Waals surface area contributed by atoms with Crippen molar-refractivity contribution < 1.29 is 18.8 Å². The van der Waals surface area contributed by atoms with E-state index in [1.165, 1.54) is 12.1 Å². The zero-order valence-electron chi connectivity index (χ0n) is 13.8. The lowest BCUT2D eigenvalue weighted by molar-refractivity contribution is -0.145. The summed E-state index contributed by atoms with van der Waals surface area (Å²) >= 11 is 0. The number of hydrogen-bond donors (Lipinski definition) is 1. The minimum atomic E-state index is -0.652. The van der Waals surface area contributed by atoms with Crippen molar-refractivity contribution in [2.75, 3.05) is 6.61 Å². The predicted molar refractivity (Wildman–Crippen MR) is 86.0 cm³/mol. The summed E-state index contributed by atoms with van der Waals surface area (Å²) in [6.07, 6.45) is 0.912. The van der Waals surface area contributed by atoms with Crippen molar-refractivity contribution in [1.29, 1.82) is 0 Å². The standard InChI is InChI=1S/C18H21FN2O3/c1-18(2)15(12-6-7-23-16(12)18)20-17(22)14-9-13(21-24-14)10-4-3-5-11(19)8-10/h3-5,8,12,14-16H,6-7,9H2,1-2H3,(H,20,22)/t12-,14+,15-,16+/m1/s1. The van der Waals surface area contributed by atoms with E-state index in [0.29, 0.717) is 23.6 Å². The van der Waals surface area contributed by atoms with E-state index < -0.39 is 6.10 Å². The first kappa shape index (κ1) is 15.6. The molecule has 3 aliphatic rings. The SMILES string of the molecule is CC1(C)[C@H](NC(=O)[C@@H]2CC(c3cccc(F)c3)=NO2)[C@H]2CCO[C@@H]21. The van der Waals surface area contributed by atoms with Gasteiger partial charge in [-0.1, -0.05) is 31.1 Å². The molecule has 1 N–H and O–H groups in total. The van der Waals surface area contributed by atoms with Crippen LogP contribution in [-0.4, -0.2) is 36.5 Å². The summed E-state index contributed by atoms with van der Waals surface area (Å²) in [5, 5.41) is 7.08. The molecule has 128 valence electrons. The van der Waals surface area contributed by atoms with E-state index in [1.807, 2.05) is 0 Å². The third-order valence-corrected chi connectivity index (χ3v) is 5.52. The number of nitrogens with one attached hydrogen (secondary N) is 1. The first-order valence-corrected chi connectivity index (χ1v) is 8.37. The number of amides is 1. The van der Waals surface area contributed by atoms with Gasteiger partial charge >= 0.3 is 0 Å². The number of nitrogens with zero attached hydrogens (tertiary/aromatic N) is 1. The lowest BCUT2D eigenvalue weighted by atomic mass is 9.57. The quantitative estimate of drug-likeness (QED) is 0.923. The fourth-order valence-corrected chi connectivity index (χ4v) is 4.22. The first-order valence-electron chi connectivity index (χ1n) is 8.37. The van der Waals surface area contributed by atoms with Crippen LogP contribution in [0.3, 0.4) is 0 Å². The zero-order chi connectivity index (χ0) is 16.9. The Morgan fingerprint density at radius 2 is 2.25 bits per heavy atom. The molecule has 0 unspecified atom stereocenters. The molecule has 5 nitrogen and oxygen atoms in total. The maximum absolute atomic E-state index is 13.3. The van der Waals surface area contributed by atoms with Crippen molar-refractivity contribution in [2.24, 2.45) is 16.5 Å². The van der Waals surface area contributed by atoms with Gasteiger partial charge in [-0.3, -0.25) is 4.79 Å². The van der Waals surface area contributed by atoms with E-state index in [1.54, 1.807) is 12.1 Å². The van der Waals surface area contributed by atoms with Gasteiger partial charge in [-0.05, 0) is 18.6 Å². The van der Waals surface area contributed by atoms with Gasteiger partial charge in [-0.25, -0.2) is 4.39 Å². The van der Waals surface area contributed by atoms with E-state index in [0.717, 1.165) is 13.0 Å². The second-order valence-electron chi connectivity index (χ2n) is 7.40. The van der Waals surface area contributed by atoms with E-state index in [4.69, 9.17) is 9.57 Å². The lowest BCUT2D eigenvalue weighted by Gasteiger charge is -2.54. The molecule has 4 atom stereocenters. The molecule has 2 fully saturated rings. The van der Waals surface area contributed by atoms with Gasteiger partial charge in [-0.2, -0.15) is 0 Å². The van der Waals surface area contributed by atoms with E-state index in [-0.39, 0.29) is 29.3 Å². The maximum Gasteiger partial charge on any atom is 0.264 e. The number of rotatable bonds is 3. The van der Waals surface area contributed by atoms with Crippen LogP contribution in [0.4, 0.5) is 4.39 Å². The average molecular weight is 332 g/mol. The molecule has 1 aromatic rings. The Morgan fingerprint density at radius 3 is 3.04 bits per heavy atom. The minimum Gasteiger partial charge on any atom is -0.382 e. The number of oxime groups is 1. The van der Waals surface area contributed by atoms with Gasteiger partial charge in [0.25, 0.3) is 5.91 Å². The average Bonchev–Trinajstić information content (AvgIpc) is 3.21. The second kappa shape index (κ2) is 5.55. The summed E-state index contributed by atoms with van der Waals surface area (Å²) in [6.45, 7) is 5.00.